The van der Waals surface area contributed by atoms with Gasteiger partial charge in [-0.05, 0) is 38.8 Å². The molecule has 4 rings (SSSR count). The molecule has 0 saturated heterocycles. The van der Waals surface area contributed by atoms with Crippen LogP contribution in [0, 0.1) is 6.08 Å². The molecule has 0 radical (unpaired) electrons. The normalized spacial score (nSPS) is 19.9. The van der Waals surface area contributed by atoms with E-state index in [1.54, 1.807) is 0 Å². The minimum absolute atomic E-state index is 0.0607. The Kier molecular flexibility index (Phi) is 3.89. The SMILES string of the molecule is CC1=[C+]c2cc3c(cc2C1[Si](C)(C)NC(C)(C)C)-c1ccccc1C3(C)C. The van der Waals surface area contributed by atoms with Gasteiger partial charge in [-0.15, -0.1) is 0 Å². The van der Waals surface area contributed by atoms with Gasteiger partial charge in [0.25, 0.3) is 0 Å². The molecule has 2 aliphatic rings. The summed E-state index contributed by atoms with van der Waals surface area (Å²) in [5.74, 6) is 0. The van der Waals surface area contributed by atoms with Crippen LogP contribution in [-0.4, -0.2) is 13.8 Å². The van der Waals surface area contributed by atoms with Crippen molar-refractivity contribution in [1.29, 1.82) is 0 Å². The maximum Gasteiger partial charge on any atom is 0.192 e. The summed E-state index contributed by atoms with van der Waals surface area (Å²) in [7, 11) is -1.73. The van der Waals surface area contributed by atoms with Crippen LogP contribution in [-0.2, 0) is 5.41 Å². The van der Waals surface area contributed by atoms with Crippen LogP contribution in [0.25, 0.3) is 11.1 Å². The van der Waals surface area contributed by atoms with E-state index in [1.165, 1.54) is 39.0 Å². The zero-order valence-electron chi connectivity index (χ0n) is 18.0. The molecule has 2 aliphatic carbocycles. The Balaban J connectivity index is 1.88. The van der Waals surface area contributed by atoms with Gasteiger partial charge in [0.15, 0.2) is 5.56 Å². The first-order valence-corrected chi connectivity index (χ1v) is 13.2. The number of rotatable bonds is 2. The molecule has 0 bridgehead atoms. The Morgan fingerprint density at radius 2 is 1.67 bits per heavy atom. The summed E-state index contributed by atoms with van der Waals surface area (Å²) in [5.41, 5.74) is 10.6. The highest BCUT2D eigenvalue weighted by molar-refractivity contribution is 6.77. The summed E-state index contributed by atoms with van der Waals surface area (Å²) in [6.45, 7) is 18.8. The Morgan fingerprint density at radius 3 is 2.33 bits per heavy atom. The fourth-order valence-electron chi connectivity index (χ4n) is 5.60. The van der Waals surface area contributed by atoms with E-state index in [1.807, 2.05) is 0 Å². The first-order chi connectivity index (χ1) is 12.4. The second-order valence-corrected chi connectivity index (χ2v) is 14.8. The van der Waals surface area contributed by atoms with Gasteiger partial charge < -0.3 is 4.98 Å². The van der Waals surface area contributed by atoms with E-state index < -0.39 is 8.24 Å². The quantitative estimate of drug-likeness (QED) is 0.479. The highest BCUT2D eigenvalue weighted by Gasteiger charge is 2.48. The van der Waals surface area contributed by atoms with Crippen LogP contribution in [0.1, 0.15) is 69.3 Å². The average Bonchev–Trinajstić information content (AvgIpc) is 2.96. The largest absolute Gasteiger partial charge is 0.331 e. The summed E-state index contributed by atoms with van der Waals surface area (Å²) in [5, 5.41) is 0. The topological polar surface area (TPSA) is 12.0 Å². The average molecular weight is 375 g/mol. The standard InChI is InChI=1S/C25H32NSi/c1-16-13-17-14-22-20(18-11-9-10-12-21(18)25(22,5)6)15-19(17)23(16)27(7,8)26-24(2,3)4/h9-12,14-15,23,26H,1-8H3/q+1. The lowest BCUT2D eigenvalue weighted by Gasteiger charge is -2.36. The number of benzene rings is 2. The molecule has 2 heteroatoms. The van der Waals surface area contributed by atoms with Crippen molar-refractivity contribution in [2.24, 2.45) is 0 Å². The van der Waals surface area contributed by atoms with Crippen molar-refractivity contribution < 1.29 is 0 Å². The van der Waals surface area contributed by atoms with Gasteiger partial charge in [-0.25, -0.2) is 0 Å². The van der Waals surface area contributed by atoms with Gasteiger partial charge in [-0.3, -0.25) is 0 Å². The number of hydrogen-bond donors (Lipinski definition) is 1. The first kappa shape index (κ1) is 18.6. The van der Waals surface area contributed by atoms with Crippen molar-refractivity contribution in [1.82, 2.24) is 4.98 Å². The molecule has 0 aliphatic heterocycles. The Bertz CT molecular complexity index is 957. The third-order valence-electron chi connectivity index (χ3n) is 6.25. The summed E-state index contributed by atoms with van der Waals surface area (Å²) in [6.07, 6.45) is 3.74. The van der Waals surface area contributed by atoms with Crippen LogP contribution >= 0.6 is 0 Å². The maximum atomic E-state index is 3.99. The van der Waals surface area contributed by atoms with E-state index in [4.69, 9.17) is 0 Å². The molecule has 0 fully saturated rings. The van der Waals surface area contributed by atoms with E-state index in [0.717, 1.165) is 0 Å². The van der Waals surface area contributed by atoms with Gasteiger partial charge in [0.1, 0.15) is 8.24 Å². The molecular formula is C25H32NSi+. The second kappa shape index (κ2) is 5.64. The summed E-state index contributed by atoms with van der Waals surface area (Å²) < 4.78 is 0. The maximum absolute atomic E-state index is 3.99. The molecule has 2 aromatic rings. The highest BCUT2D eigenvalue weighted by atomic mass is 28.3. The number of nitrogens with one attached hydrogen (secondary N) is 1. The smallest absolute Gasteiger partial charge is 0.192 e. The summed E-state index contributed by atoms with van der Waals surface area (Å²) >= 11 is 0. The molecule has 0 aromatic heterocycles. The van der Waals surface area contributed by atoms with Gasteiger partial charge in [0.05, 0.1) is 22.7 Å². The van der Waals surface area contributed by atoms with Crippen LogP contribution in [0.3, 0.4) is 0 Å². The van der Waals surface area contributed by atoms with Crippen molar-refractivity contribution in [3.63, 3.8) is 0 Å². The van der Waals surface area contributed by atoms with Gasteiger partial charge >= 0.3 is 0 Å². The third kappa shape index (κ3) is 2.82. The van der Waals surface area contributed by atoms with E-state index in [9.17, 15) is 0 Å². The summed E-state index contributed by atoms with van der Waals surface area (Å²) in [6, 6.07) is 13.8. The predicted molar refractivity (Wildman–Crippen MR) is 119 cm³/mol. The fourth-order valence-corrected chi connectivity index (χ4v) is 9.85. The Morgan fingerprint density at radius 1 is 1.00 bits per heavy atom. The van der Waals surface area contributed by atoms with Crippen LogP contribution in [0.15, 0.2) is 42.0 Å². The Labute approximate surface area is 166 Å². The van der Waals surface area contributed by atoms with Crippen molar-refractivity contribution in [2.45, 2.75) is 71.1 Å². The molecule has 140 valence electrons. The molecule has 1 N–H and O–H groups in total. The zero-order chi connectivity index (χ0) is 19.8. The molecule has 1 unspecified atom stereocenters. The van der Waals surface area contributed by atoms with E-state index in [2.05, 4.69) is 102 Å². The van der Waals surface area contributed by atoms with E-state index in [-0.39, 0.29) is 11.0 Å². The highest BCUT2D eigenvalue weighted by Crippen LogP contribution is 2.52. The molecule has 27 heavy (non-hydrogen) atoms. The third-order valence-corrected chi connectivity index (χ3v) is 9.83. The summed E-state index contributed by atoms with van der Waals surface area (Å²) in [4.78, 5) is 3.99. The second-order valence-electron chi connectivity index (χ2n) is 10.5. The van der Waals surface area contributed by atoms with Gasteiger partial charge in [0.2, 0.25) is 0 Å². The van der Waals surface area contributed by atoms with Crippen LogP contribution in [0.5, 0.6) is 0 Å². The van der Waals surface area contributed by atoms with Crippen molar-refractivity contribution in [3.05, 3.63) is 70.3 Å². The van der Waals surface area contributed by atoms with Crippen LogP contribution < -0.4 is 4.98 Å². The fraction of sp³-hybridized carbons (Fsp3) is 0.440. The predicted octanol–water partition coefficient (Wildman–Crippen LogP) is 6.32. The molecule has 2 aromatic carbocycles. The van der Waals surface area contributed by atoms with Gasteiger partial charge in [-0.2, -0.15) is 0 Å². The van der Waals surface area contributed by atoms with E-state index >= 15 is 0 Å². The van der Waals surface area contributed by atoms with Crippen LogP contribution in [0.2, 0.25) is 13.1 Å². The zero-order valence-corrected chi connectivity index (χ0v) is 19.0. The van der Waals surface area contributed by atoms with Crippen molar-refractivity contribution >= 4 is 8.24 Å². The number of fused-ring (bicyclic) bond motifs is 4. The van der Waals surface area contributed by atoms with Crippen molar-refractivity contribution in [3.8, 4) is 11.1 Å². The molecular weight excluding hydrogens is 342 g/mol. The monoisotopic (exact) mass is 374 g/mol. The Hall–Kier alpha value is -1.73. The lowest BCUT2D eigenvalue weighted by molar-refractivity contribution is 0.508. The molecule has 0 saturated carbocycles. The first-order valence-electron chi connectivity index (χ1n) is 10.1. The minimum atomic E-state index is -1.73. The lowest BCUT2D eigenvalue weighted by Crippen LogP contribution is -2.58. The minimum Gasteiger partial charge on any atom is -0.331 e. The lowest BCUT2D eigenvalue weighted by atomic mass is 9.82. The molecule has 0 heterocycles. The molecule has 0 amide bonds. The molecule has 0 spiro atoms. The molecule has 1 nitrogen and oxygen atoms in total. The van der Waals surface area contributed by atoms with Gasteiger partial charge in [-0.1, -0.05) is 51.2 Å². The van der Waals surface area contributed by atoms with Crippen molar-refractivity contribution in [2.75, 3.05) is 0 Å². The van der Waals surface area contributed by atoms with E-state index in [0.29, 0.717) is 5.54 Å². The number of allylic oxidation sites excluding steroid dienone is 1. The molecule has 1 atom stereocenters. The van der Waals surface area contributed by atoms with Gasteiger partial charge in [0, 0.05) is 34.2 Å². The number of hydrogen-bond acceptors (Lipinski definition) is 1. The van der Waals surface area contributed by atoms with Crippen LogP contribution in [0.4, 0.5) is 0 Å².